The summed E-state index contributed by atoms with van der Waals surface area (Å²) in [5, 5.41) is 3.50. The highest BCUT2D eigenvalue weighted by atomic mass is 16.2. The van der Waals surface area contributed by atoms with Crippen molar-refractivity contribution in [2.45, 2.75) is 19.3 Å². The number of amides is 1. The summed E-state index contributed by atoms with van der Waals surface area (Å²) in [5.74, 6) is 0.183. The topological polar surface area (TPSA) is 23.6 Å². The minimum absolute atomic E-state index is 0.183. The lowest BCUT2D eigenvalue weighted by Gasteiger charge is -2.27. The molecule has 1 rings (SSSR count). The number of carbonyl (C=O) groups is 1. The number of hydrogen-bond acceptors (Lipinski definition) is 2. The largest absolute Gasteiger partial charge is 0.291 e. The summed E-state index contributed by atoms with van der Waals surface area (Å²) >= 11 is 0. The fraction of sp³-hybridized carbons (Fsp3) is 0.625. The minimum Gasteiger partial charge on any atom is -0.291 e. The Labute approximate surface area is 67.2 Å². The number of nitrogens with zero attached hydrogens (tertiary/aromatic N) is 2. The summed E-state index contributed by atoms with van der Waals surface area (Å²) in [6.45, 7) is 4.55. The average Bonchev–Trinajstić information content (AvgIpc) is 2.16. The van der Waals surface area contributed by atoms with Crippen LogP contribution in [-0.4, -0.2) is 29.5 Å². The fourth-order valence-corrected chi connectivity index (χ4v) is 1.22. The Balaban J connectivity index is 2.63. The highest BCUT2D eigenvalue weighted by molar-refractivity contribution is 5.75. The van der Waals surface area contributed by atoms with Crippen molar-refractivity contribution < 1.29 is 4.79 Å². The van der Waals surface area contributed by atoms with Crippen molar-refractivity contribution in [3.05, 3.63) is 12.8 Å². The molecule has 3 nitrogen and oxygen atoms in total. The van der Waals surface area contributed by atoms with Crippen molar-refractivity contribution in [2.24, 2.45) is 0 Å². The van der Waals surface area contributed by atoms with E-state index < -0.39 is 0 Å². The van der Waals surface area contributed by atoms with E-state index in [9.17, 15) is 4.79 Å². The number of carbonyl (C=O) groups excluding carboxylic acids is 1. The first-order chi connectivity index (χ1) is 5.25. The minimum atomic E-state index is 0.183. The Kier molecular flexibility index (Phi) is 2.52. The molecule has 3 heteroatoms. The molecule has 0 atom stereocenters. The molecule has 0 aromatic rings. The molecule has 0 aromatic carbocycles. The number of hydrazine groups is 1. The Bertz CT molecular complexity index is 167. The zero-order chi connectivity index (χ0) is 8.27. The summed E-state index contributed by atoms with van der Waals surface area (Å²) in [6, 6.07) is 0. The van der Waals surface area contributed by atoms with Crippen LogP contribution in [0.3, 0.4) is 0 Å². The van der Waals surface area contributed by atoms with Crippen LogP contribution in [0.5, 0.6) is 0 Å². The van der Waals surface area contributed by atoms with Gasteiger partial charge in [-0.3, -0.25) is 14.8 Å². The van der Waals surface area contributed by atoms with E-state index in [2.05, 4.69) is 6.58 Å². The van der Waals surface area contributed by atoms with E-state index in [-0.39, 0.29) is 5.91 Å². The van der Waals surface area contributed by atoms with Gasteiger partial charge in [0, 0.05) is 26.2 Å². The van der Waals surface area contributed by atoms with Crippen molar-refractivity contribution in [3.8, 4) is 0 Å². The highest BCUT2D eigenvalue weighted by Gasteiger charge is 2.16. The van der Waals surface area contributed by atoms with Gasteiger partial charge in [-0.2, -0.15) is 0 Å². The van der Waals surface area contributed by atoms with Gasteiger partial charge < -0.3 is 0 Å². The maximum absolute atomic E-state index is 11.2. The molecule has 1 amide bonds. The second kappa shape index (κ2) is 3.42. The van der Waals surface area contributed by atoms with Crippen LogP contribution in [0, 0.1) is 0 Å². The molecule has 0 bridgehead atoms. The second-order valence-corrected chi connectivity index (χ2v) is 2.72. The molecule has 62 valence electrons. The summed E-state index contributed by atoms with van der Waals surface area (Å²) in [7, 11) is 1.79. The average molecular weight is 154 g/mol. The first-order valence-corrected chi connectivity index (χ1v) is 3.91. The van der Waals surface area contributed by atoms with Gasteiger partial charge in [-0.1, -0.05) is 6.58 Å². The summed E-state index contributed by atoms with van der Waals surface area (Å²) in [4.78, 5) is 11.2. The van der Waals surface area contributed by atoms with Gasteiger partial charge in [0.1, 0.15) is 0 Å². The predicted octanol–water partition coefficient (Wildman–Crippen LogP) is 0.989. The molecule has 0 saturated carbocycles. The second-order valence-electron chi connectivity index (χ2n) is 2.72. The van der Waals surface area contributed by atoms with Gasteiger partial charge in [-0.15, -0.1) is 0 Å². The summed E-state index contributed by atoms with van der Waals surface area (Å²) in [6.07, 6.45) is 4.43. The molecule has 11 heavy (non-hydrogen) atoms. The Morgan fingerprint density at radius 1 is 1.55 bits per heavy atom. The molecular weight excluding hydrogens is 140 g/mol. The van der Waals surface area contributed by atoms with Crippen molar-refractivity contribution in [1.82, 2.24) is 10.0 Å². The molecule has 0 unspecified atom stereocenters. The third kappa shape index (κ3) is 1.73. The van der Waals surface area contributed by atoms with E-state index >= 15 is 0 Å². The van der Waals surface area contributed by atoms with Crippen molar-refractivity contribution in [1.29, 1.82) is 0 Å². The number of rotatable bonds is 1. The molecule has 1 saturated heterocycles. The van der Waals surface area contributed by atoms with Crippen LogP contribution in [0.1, 0.15) is 19.3 Å². The van der Waals surface area contributed by atoms with Crippen LogP contribution >= 0.6 is 0 Å². The van der Waals surface area contributed by atoms with Gasteiger partial charge in [-0.25, -0.2) is 0 Å². The first kappa shape index (κ1) is 8.11. The molecule has 0 N–H and O–H groups in total. The molecule has 1 fully saturated rings. The van der Waals surface area contributed by atoms with Crippen molar-refractivity contribution >= 4 is 5.91 Å². The SMILES string of the molecule is C=CN1CCCCC(=O)N1C. The zero-order valence-corrected chi connectivity index (χ0v) is 6.92. The maximum Gasteiger partial charge on any atom is 0.240 e. The standard InChI is InChI=1S/C8H14N2O/c1-3-10-7-5-4-6-8(11)9(10)2/h3H,1,4-7H2,2H3. The monoisotopic (exact) mass is 154 g/mol. The maximum atomic E-state index is 11.2. The predicted molar refractivity (Wildman–Crippen MR) is 43.5 cm³/mol. The van der Waals surface area contributed by atoms with E-state index in [1.807, 2.05) is 5.01 Å². The van der Waals surface area contributed by atoms with Gasteiger partial charge in [-0.05, 0) is 12.8 Å². The third-order valence-electron chi connectivity index (χ3n) is 1.98. The first-order valence-electron chi connectivity index (χ1n) is 3.91. The van der Waals surface area contributed by atoms with Crippen LogP contribution in [0.2, 0.25) is 0 Å². The van der Waals surface area contributed by atoms with E-state index in [0.717, 1.165) is 19.4 Å². The molecule has 0 spiro atoms. The Morgan fingerprint density at radius 2 is 2.27 bits per heavy atom. The van der Waals surface area contributed by atoms with E-state index in [1.165, 1.54) is 0 Å². The van der Waals surface area contributed by atoms with Gasteiger partial charge in [0.15, 0.2) is 0 Å². The molecule has 1 heterocycles. The van der Waals surface area contributed by atoms with E-state index in [0.29, 0.717) is 6.42 Å². The van der Waals surface area contributed by atoms with Gasteiger partial charge >= 0.3 is 0 Å². The summed E-state index contributed by atoms with van der Waals surface area (Å²) < 4.78 is 0. The van der Waals surface area contributed by atoms with Crippen LogP contribution < -0.4 is 0 Å². The molecule has 0 radical (unpaired) electrons. The molecule has 1 aliphatic rings. The summed E-state index contributed by atoms with van der Waals surface area (Å²) in [5.41, 5.74) is 0. The fourth-order valence-electron chi connectivity index (χ4n) is 1.22. The highest BCUT2D eigenvalue weighted by Crippen LogP contribution is 2.10. The van der Waals surface area contributed by atoms with Crippen LogP contribution in [0.15, 0.2) is 12.8 Å². The molecule has 0 aliphatic carbocycles. The van der Waals surface area contributed by atoms with Crippen molar-refractivity contribution in [2.75, 3.05) is 13.6 Å². The Hall–Kier alpha value is -0.990. The van der Waals surface area contributed by atoms with Gasteiger partial charge in [0.2, 0.25) is 5.91 Å². The van der Waals surface area contributed by atoms with E-state index in [4.69, 9.17) is 0 Å². The lowest BCUT2D eigenvalue weighted by Crippen LogP contribution is -2.38. The zero-order valence-electron chi connectivity index (χ0n) is 6.92. The normalized spacial score (nSPS) is 19.9. The van der Waals surface area contributed by atoms with Gasteiger partial charge in [0.05, 0.1) is 0 Å². The Morgan fingerprint density at radius 3 is 2.91 bits per heavy atom. The van der Waals surface area contributed by atoms with Gasteiger partial charge in [0.25, 0.3) is 0 Å². The lowest BCUT2D eigenvalue weighted by atomic mass is 10.2. The van der Waals surface area contributed by atoms with Crippen LogP contribution in [0.4, 0.5) is 0 Å². The molecule has 1 aliphatic heterocycles. The lowest BCUT2D eigenvalue weighted by molar-refractivity contribution is -0.140. The quantitative estimate of drug-likeness (QED) is 0.562. The van der Waals surface area contributed by atoms with Crippen LogP contribution in [-0.2, 0) is 4.79 Å². The number of hydrogen-bond donors (Lipinski definition) is 0. The van der Waals surface area contributed by atoms with Crippen LogP contribution in [0.25, 0.3) is 0 Å². The smallest absolute Gasteiger partial charge is 0.240 e. The van der Waals surface area contributed by atoms with E-state index in [1.54, 1.807) is 18.3 Å². The van der Waals surface area contributed by atoms with Crippen molar-refractivity contribution in [3.63, 3.8) is 0 Å². The molecular formula is C8H14N2O. The third-order valence-corrected chi connectivity index (χ3v) is 1.98. The molecule has 0 aromatic heterocycles.